The van der Waals surface area contributed by atoms with Crippen molar-refractivity contribution in [3.05, 3.63) is 65.5 Å². The van der Waals surface area contributed by atoms with Crippen molar-refractivity contribution in [3.8, 4) is 5.88 Å². The molecule has 2 aliphatic rings. The van der Waals surface area contributed by atoms with Crippen LogP contribution in [0.3, 0.4) is 0 Å². The van der Waals surface area contributed by atoms with Crippen LogP contribution >= 0.6 is 0 Å². The zero-order valence-electron chi connectivity index (χ0n) is 16.1. The summed E-state index contributed by atoms with van der Waals surface area (Å²) in [4.78, 5) is 18.4. The number of nitrogens with one attached hydrogen (secondary N) is 1. The first-order chi connectivity index (χ1) is 14.3. The molecule has 0 saturated carbocycles. The number of piperidine rings is 1. The van der Waals surface area contributed by atoms with E-state index in [-0.39, 0.29) is 5.88 Å². The third kappa shape index (κ3) is 3.66. The van der Waals surface area contributed by atoms with Crippen molar-refractivity contribution in [2.75, 3.05) is 18.0 Å². The monoisotopic (exact) mass is 385 g/mol. The second kappa shape index (κ2) is 7.54. The molecule has 0 bridgehead atoms. The lowest BCUT2D eigenvalue weighted by Crippen LogP contribution is -2.35. The van der Waals surface area contributed by atoms with E-state index in [0.29, 0.717) is 17.4 Å². The molecule has 2 aromatic heterocycles. The van der Waals surface area contributed by atoms with Crippen molar-refractivity contribution in [1.82, 2.24) is 15.0 Å². The summed E-state index contributed by atoms with van der Waals surface area (Å²) >= 11 is 0. The summed E-state index contributed by atoms with van der Waals surface area (Å²) < 4.78 is 0. The molecule has 1 saturated heterocycles. The largest absolute Gasteiger partial charge is 0.492 e. The highest BCUT2D eigenvalue weighted by atomic mass is 16.3. The summed E-state index contributed by atoms with van der Waals surface area (Å²) in [6, 6.07) is 14.6. The van der Waals surface area contributed by atoms with Gasteiger partial charge in [-0.3, -0.25) is 0 Å². The molecule has 146 valence electrons. The maximum atomic E-state index is 10.3. The minimum atomic E-state index is 0.0182. The zero-order chi connectivity index (χ0) is 19.6. The van der Waals surface area contributed by atoms with Crippen LogP contribution in [0.25, 0.3) is 11.6 Å². The highest BCUT2D eigenvalue weighted by molar-refractivity contribution is 6.20. The van der Waals surface area contributed by atoms with Crippen LogP contribution in [0.4, 0.5) is 11.8 Å². The summed E-state index contributed by atoms with van der Waals surface area (Å²) in [5.41, 5.74) is 3.89. The topological polar surface area (TPSA) is 77.4 Å². The van der Waals surface area contributed by atoms with Gasteiger partial charge in [-0.1, -0.05) is 30.3 Å². The Balaban J connectivity index is 1.27. The number of benzene rings is 1. The molecule has 0 radical (unpaired) electrons. The highest BCUT2D eigenvalue weighted by Gasteiger charge is 2.23. The van der Waals surface area contributed by atoms with Crippen molar-refractivity contribution >= 4 is 29.6 Å². The summed E-state index contributed by atoms with van der Waals surface area (Å²) in [6.07, 6.45) is 8.75. The number of allylic oxidation sites excluding steroid dienone is 1. The van der Waals surface area contributed by atoms with Crippen molar-refractivity contribution in [1.29, 1.82) is 0 Å². The molecular formula is C23H23N5O. The van der Waals surface area contributed by atoms with Gasteiger partial charge in [-0.15, -0.1) is 0 Å². The van der Waals surface area contributed by atoms with Crippen molar-refractivity contribution < 1.29 is 5.11 Å². The third-order valence-electron chi connectivity index (χ3n) is 5.70. The minimum Gasteiger partial charge on any atom is -0.492 e. The number of anilines is 1. The number of hydrogen-bond acceptors (Lipinski definition) is 5. The fourth-order valence-corrected chi connectivity index (χ4v) is 4.11. The van der Waals surface area contributed by atoms with Gasteiger partial charge in [0.1, 0.15) is 5.69 Å². The van der Waals surface area contributed by atoms with Gasteiger partial charge in [0.15, 0.2) is 5.82 Å². The molecule has 3 aromatic rings. The number of aromatic amines is 1. The SMILES string of the molecule is Oc1nc(N2CCC(Cc3ccccc3)CC2)[nH]c1C=C1C=Nc2ncccc21. The fraction of sp³-hybridized carbons (Fsp3) is 0.261. The Morgan fingerprint density at radius 2 is 1.93 bits per heavy atom. The lowest BCUT2D eigenvalue weighted by molar-refractivity contribution is 0.400. The first kappa shape index (κ1) is 17.7. The van der Waals surface area contributed by atoms with Crippen molar-refractivity contribution in [2.45, 2.75) is 19.3 Å². The number of H-pyrrole nitrogens is 1. The van der Waals surface area contributed by atoms with Crippen LogP contribution in [0.1, 0.15) is 29.7 Å². The average Bonchev–Trinajstić information content (AvgIpc) is 3.33. The molecule has 1 aromatic carbocycles. The standard InChI is InChI=1S/C23H23N5O/c29-22-20(14-18-15-25-21-19(18)7-4-10-24-21)26-23(27-22)28-11-8-17(9-12-28)13-16-5-2-1-3-6-16/h1-7,10,14-15,17,29H,8-9,11-13H2,(H,26,27). The molecule has 0 unspecified atom stereocenters. The van der Waals surface area contributed by atoms with Gasteiger partial charge in [-0.25, -0.2) is 9.98 Å². The second-order valence-corrected chi connectivity index (χ2v) is 7.65. The van der Waals surface area contributed by atoms with Gasteiger partial charge < -0.3 is 15.0 Å². The Bertz CT molecular complexity index is 1060. The van der Waals surface area contributed by atoms with E-state index in [4.69, 9.17) is 0 Å². The minimum absolute atomic E-state index is 0.0182. The third-order valence-corrected chi connectivity index (χ3v) is 5.70. The van der Waals surface area contributed by atoms with E-state index in [9.17, 15) is 5.11 Å². The summed E-state index contributed by atoms with van der Waals surface area (Å²) in [7, 11) is 0. The molecule has 0 atom stereocenters. The Labute approximate surface area is 169 Å². The fourth-order valence-electron chi connectivity index (χ4n) is 4.11. The molecule has 6 heteroatoms. The quantitative estimate of drug-likeness (QED) is 0.705. The molecule has 2 N–H and O–H groups in total. The Morgan fingerprint density at radius 1 is 1.10 bits per heavy atom. The van der Waals surface area contributed by atoms with E-state index in [0.717, 1.165) is 49.4 Å². The molecule has 0 spiro atoms. The van der Waals surface area contributed by atoms with Gasteiger partial charge in [0, 0.05) is 36.6 Å². The number of aliphatic imine (C=N–C) groups is 1. The number of fused-ring (bicyclic) bond motifs is 1. The summed E-state index contributed by atoms with van der Waals surface area (Å²) in [6.45, 7) is 1.88. The molecule has 6 nitrogen and oxygen atoms in total. The number of rotatable bonds is 4. The van der Waals surface area contributed by atoms with E-state index >= 15 is 0 Å². The molecule has 29 heavy (non-hydrogen) atoms. The van der Waals surface area contributed by atoms with Crippen molar-refractivity contribution in [3.63, 3.8) is 0 Å². The number of aromatic nitrogens is 3. The number of pyridine rings is 1. The molecular weight excluding hydrogens is 362 g/mol. The summed E-state index contributed by atoms with van der Waals surface area (Å²) in [5, 5.41) is 10.3. The molecule has 1 fully saturated rings. The second-order valence-electron chi connectivity index (χ2n) is 7.65. The number of hydrogen-bond donors (Lipinski definition) is 2. The van der Waals surface area contributed by atoms with Crippen LogP contribution in [-0.2, 0) is 6.42 Å². The van der Waals surface area contributed by atoms with E-state index in [2.05, 4.69) is 55.2 Å². The average molecular weight is 385 g/mol. The van der Waals surface area contributed by atoms with Crippen LogP contribution in [0.2, 0.25) is 0 Å². The van der Waals surface area contributed by atoms with Gasteiger partial charge in [-0.2, -0.15) is 4.98 Å². The van der Waals surface area contributed by atoms with Crippen LogP contribution in [0.15, 0.2) is 53.7 Å². The van der Waals surface area contributed by atoms with Gasteiger partial charge >= 0.3 is 0 Å². The molecule has 0 aliphatic carbocycles. The van der Waals surface area contributed by atoms with Crippen LogP contribution in [0, 0.1) is 5.92 Å². The Hall–Kier alpha value is -3.41. The van der Waals surface area contributed by atoms with E-state index in [1.54, 1.807) is 12.4 Å². The summed E-state index contributed by atoms with van der Waals surface area (Å²) in [5.74, 6) is 2.15. The predicted molar refractivity (Wildman–Crippen MR) is 116 cm³/mol. The van der Waals surface area contributed by atoms with Gasteiger partial charge in [-0.05, 0) is 49.0 Å². The highest BCUT2D eigenvalue weighted by Crippen LogP contribution is 2.32. The maximum Gasteiger partial charge on any atom is 0.238 e. The lowest BCUT2D eigenvalue weighted by atomic mass is 9.90. The van der Waals surface area contributed by atoms with Gasteiger partial charge in [0.2, 0.25) is 11.8 Å². The first-order valence-electron chi connectivity index (χ1n) is 10.1. The molecule has 2 aliphatic heterocycles. The Morgan fingerprint density at radius 3 is 2.76 bits per heavy atom. The van der Waals surface area contributed by atoms with Crippen LogP contribution in [-0.4, -0.2) is 39.4 Å². The van der Waals surface area contributed by atoms with Crippen molar-refractivity contribution in [2.24, 2.45) is 10.9 Å². The number of aromatic hydroxyl groups is 1. The van der Waals surface area contributed by atoms with Gasteiger partial charge in [0.05, 0.1) is 0 Å². The Kier molecular flexibility index (Phi) is 4.60. The first-order valence-corrected chi connectivity index (χ1v) is 10.1. The predicted octanol–water partition coefficient (Wildman–Crippen LogP) is 4.23. The van der Waals surface area contributed by atoms with E-state index in [1.807, 2.05) is 18.2 Å². The molecule has 5 rings (SSSR count). The van der Waals surface area contributed by atoms with Crippen LogP contribution in [0.5, 0.6) is 5.88 Å². The maximum absolute atomic E-state index is 10.3. The number of nitrogens with zero attached hydrogens (tertiary/aromatic N) is 4. The van der Waals surface area contributed by atoms with E-state index < -0.39 is 0 Å². The molecule has 0 amide bonds. The zero-order valence-corrected chi connectivity index (χ0v) is 16.1. The smallest absolute Gasteiger partial charge is 0.238 e. The van der Waals surface area contributed by atoms with Crippen LogP contribution < -0.4 is 4.90 Å². The van der Waals surface area contributed by atoms with Gasteiger partial charge in [0.25, 0.3) is 0 Å². The lowest BCUT2D eigenvalue weighted by Gasteiger charge is -2.31. The molecule has 4 heterocycles. The number of imidazole rings is 1. The normalized spacial score (nSPS) is 17.8. The van der Waals surface area contributed by atoms with E-state index in [1.165, 1.54) is 5.56 Å².